The van der Waals surface area contributed by atoms with Crippen LogP contribution in [0.15, 0.2) is 18.3 Å². The molecule has 0 saturated heterocycles. The predicted molar refractivity (Wildman–Crippen MR) is 77.4 cm³/mol. The van der Waals surface area contributed by atoms with Crippen molar-refractivity contribution in [2.45, 2.75) is 46.1 Å². The number of esters is 1. The molecule has 1 unspecified atom stereocenters. The van der Waals surface area contributed by atoms with E-state index in [4.69, 9.17) is 4.74 Å². The normalized spacial score (nSPS) is 12.3. The van der Waals surface area contributed by atoms with Gasteiger partial charge in [0.05, 0.1) is 7.11 Å². The molecule has 0 fully saturated rings. The Kier molecular flexibility index (Phi) is 6.33. The van der Waals surface area contributed by atoms with Gasteiger partial charge in [-0.3, -0.25) is 0 Å². The molecule has 0 aromatic carbocycles. The molecule has 0 radical (unpaired) electrons. The van der Waals surface area contributed by atoms with Crippen LogP contribution in [0.25, 0.3) is 0 Å². The van der Waals surface area contributed by atoms with Crippen molar-refractivity contribution in [2.75, 3.05) is 12.4 Å². The number of hydrogen-bond donors (Lipinski definition) is 1. The van der Waals surface area contributed by atoms with E-state index in [1.807, 2.05) is 0 Å². The average molecular weight is 264 g/mol. The Hall–Kier alpha value is -1.58. The molecular weight excluding hydrogens is 240 g/mol. The van der Waals surface area contributed by atoms with Crippen LogP contribution < -0.4 is 5.32 Å². The molecule has 106 valence electrons. The lowest BCUT2D eigenvalue weighted by molar-refractivity contribution is 0.0601. The number of carbonyl (C=O) groups excluding carboxylic acids is 1. The summed E-state index contributed by atoms with van der Waals surface area (Å²) >= 11 is 0. The molecule has 1 aromatic heterocycles. The zero-order valence-electron chi connectivity index (χ0n) is 12.3. The van der Waals surface area contributed by atoms with Crippen LogP contribution in [0.3, 0.4) is 0 Å². The maximum absolute atomic E-state index is 11.6. The molecule has 19 heavy (non-hydrogen) atoms. The molecule has 4 heteroatoms. The summed E-state index contributed by atoms with van der Waals surface area (Å²) in [5.74, 6) is 0.976. The van der Waals surface area contributed by atoms with Crippen molar-refractivity contribution in [1.29, 1.82) is 0 Å². The van der Waals surface area contributed by atoms with Crippen molar-refractivity contribution in [3.8, 4) is 0 Å². The van der Waals surface area contributed by atoms with Gasteiger partial charge in [0.15, 0.2) is 0 Å². The van der Waals surface area contributed by atoms with E-state index in [1.165, 1.54) is 20.0 Å². The Bertz CT molecular complexity index is 405. The van der Waals surface area contributed by atoms with Gasteiger partial charge in [-0.15, -0.1) is 0 Å². The molecule has 4 nitrogen and oxygen atoms in total. The third-order valence-corrected chi connectivity index (χ3v) is 3.01. The Morgan fingerprint density at radius 1 is 1.37 bits per heavy atom. The van der Waals surface area contributed by atoms with E-state index < -0.39 is 0 Å². The maximum atomic E-state index is 11.6. The molecule has 0 aliphatic carbocycles. The van der Waals surface area contributed by atoms with Crippen LogP contribution in [0.2, 0.25) is 0 Å². The van der Waals surface area contributed by atoms with Crippen molar-refractivity contribution in [3.63, 3.8) is 0 Å². The van der Waals surface area contributed by atoms with Crippen molar-refractivity contribution < 1.29 is 9.53 Å². The molecule has 1 N–H and O–H groups in total. The molecule has 0 amide bonds. The summed E-state index contributed by atoms with van der Waals surface area (Å²) in [7, 11) is 1.38. The summed E-state index contributed by atoms with van der Waals surface area (Å²) in [6.45, 7) is 6.56. The number of anilines is 1. The SMILES string of the molecule is COC(=O)c1cccnc1NC(C)CCCC(C)C. The van der Waals surface area contributed by atoms with Crippen LogP contribution in [-0.4, -0.2) is 24.1 Å². The summed E-state index contributed by atoms with van der Waals surface area (Å²) in [6, 6.07) is 3.75. The van der Waals surface area contributed by atoms with E-state index in [2.05, 4.69) is 31.1 Å². The highest BCUT2D eigenvalue weighted by Gasteiger charge is 2.14. The lowest BCUT2D eigenvalue weighted by Crippen LogP contribution is -2.19. The lowest BCUT2D eigenvalue weighted by Gasteiger charge is -2.16. The third kappa shape index (κ3) is 5.28. The smallest absolute Gasteiger partial charge is 0.341 e. The topological polar surface area (TPSA) is 51.2 Å². The van der Waals surface area contributed by atoms with Gasteiger partial charge < -0.3 is 10.1 Å². The van der Waals surface area contributed by atoms with Crippen LogP contribution in [0, 0.1) is 5.92 Å². The standard InChI is InChI=1S/C15H24N2O2/c1-11(2)7-5-8-12(3)17-14-13(15(18)19-4)9-6-10-16-14/h6,9-12H,5,7-8H2,1-4H3,(H,16,17). The molecule has 1 atom stereocenters. The van der Waals surface area contributed by atoms with Crippen LogP contribution >= 0.6 is 0 Å². The second kappa shape index (κ2) is 7.77. The van der Waals surface area contributed by atoms with Gasteiger partial charge in [0.25, 0.3) is 0 Å². The third-order valence-electron chi connectivity index (χ3n) is 3.01. The van der Waals surface area contributed by atoms with Crippen LogP contribution in [0.5, 0.6) is 0 Å². The number of pyridine rings is 1. The number of rotatable bonds is 7. The van der Waals surface area contributed by atoms with E-state index in [0.29, 0.717) is 11.4 Å². The van der Waals surface area contributed by atoms with E-state index in [-0.39, 0.29) is 12.0 Å². The van der Waals surface area contributed by atoms with Gasteiger partial charge in [-0.05, 0) is 31.4 Å². The number of methoxy groups -OCH3 is 1. The number of nitrogens with zero attached hydrogens (tertiary/aromatic N) is 1. The second-order valence-electron chi connectivity index (χ2n) is 5.26. The van der Waals surface area contributed by atoms with Gasteiger partial charge >= 0.3 is 5.97 Å². The summed E-state index contributed by atoms with van der Waals surface area (Å²) in [4.78, 5) is 15.8. The monoisotopic (exact) mass is 264 g/mol. The summed E-state index contributed by atoms with van der Waals surface area (Å²) in [5, 5.41) is 3.29. The molecule has 0 spiro atoms. The highest BCUT2D eigenvalue weighted by atomic mass is 16.5. The molecule has 1 aromatic rings. The second-order valence-corrected chi connectivity index (χ2v) is 5.26. The summed E-state index contributed by atoms with van der Waals surface area (Å²) in [6.07, 6.45) is 5.13. The van der Waals surface area contributed by atoms with Crippen LogP contribution in [0.1, 0.15) is 50.4 Å². The van der Waals surface area contributed by atoms with Gasteiger partial charge in [-0.25, -0.2) is 9.78 Å². The Morgan fingerprint density at radius 2 is 2.11 bits per heavy atom. The lowest BCUT2D eigenvalue weighted by atomic mass is 10.0. The number of hydrogen-bond acceptors (Lipinski definition) is 4. The molecule has 1 rings (SSSR count). The molecular formula is C15H24N2O2. The first kappa shape index (κ1) is 15.5. The Morgan fingerprint density at radius 3 is 2.74 bits per heavy atom. The van der Waals surface area contributed by atoms with Crippen molar-refractivity contribution >= 4 is 11.8 Å². The van der Waals surface area contributed by atoms with Gasteiger partial charge in [-0.1, -0.05) is 26.7 Å². The number of aromatic nitrogens is 1. The first-order chi connectivity index (χ1) is 9.04. The number of nitrogens with one attached hydrogen (secondary N) is 1. The van der Waals surface area contributed by atoms with Crippen LogP contribution in [-0.2, 0) is 4.74 Å². The highest BCUT2D eigenvalue weighted by Crippen LogP contribution is 2.16. The van der Waals surface area contributed by atoms with Crippen molar-refractivity contribution in [3.05, 3.63) is 23.9 Å². The molecule has 0 bridgehead atoms. The Labute approximate surface area is 115 Å². The van der Waals surface area contributed by atoms with Crippen LogP contribution in [0.4, 0.5) is 5.82 Å². The van der Waals surface area contributed by atoms with Gasteiger partial charge in [0.1, 0.15) is 11.4 Å². The Balaban J connectivity index is 2.58. The molecule has 0 aliphatic rings. The predicted octanol–water partition coefficient (Wildman–Crippen LogP) is 3.49. The highest BCUT2D eigenvalue weighted by molar-refractivity contribution is 5.94. The summed E-state index contributed by atoms with van der Waals surface area (Å²) in [5.41, 5.74) is 0.487. The molecule has 0 saturated carbocycles. The van der Waals surface area contributed by atoms with Crippen molar-refractivity contribution in [1.82, 2.24) is 4.98 Å². The minimum atomic E-state index is -0.356. The zero-order chi connectivity index (χ0) is 14.3. The quantitative estimate of drug-likeness (QED) is 0.766. The maximum Gasteiger partial charge on any atom is 0.341 e. The minimum absolute atomic E-state index is 0.289. The first-order valence-corrected chi connectivity index (χ1v) is 6.84. The molecule has 0 aliphatic heterocycles. The fourth-order valence-electron chi connectivity index (χ4n) is 1.93. The fourth-order valence-corrected chi connectivity index (χ4v) is 1.93. The number of ether oxygens (including phenoxy) is 1. The van der Waals surface area contributed by atoms with E-state index >= 15 is 0 Å². The molecule has 1 heterocycles. The average Bonchev–Trinajstić information content (AvgIpc) is 2.38. The van der Waals surface area contributed by atoms with E-state index in [9.17, 15) is 4.79 Å². The zero-order valence-corrected chi connectivity index (χ0v) is 12.3. The van der Waals surface area contributed by atoms with Crippen molar-refractivity contribution in [2.24, 2.45) is 5.92 Å². The van der Waals surface area contributed by atoms with E-state index in [0.717, 1.165) is 12.3 Å². The van der Waals surface area contributed by atoms with Gasteiger partial charge in [-0.2, -0.15) is 0 Å². The van der Waals surface area contributed by atoms with Gasteiger partial charge in [0.2, 0.25) is 0 Å². The van der Waals surface area contributed by atoms with E-state index in [1.54, 1.807) is 18.3 Å². The van der Waals surface area contributed by atoms with Gasteiger partial charge in [0, 0.05) is 12.2 Å². The largest absolute Gasteiger partial charge is 0.465 e. The summed E-state index contributed by atoms with van der Waals surface area (Å²) < 4.78 is 4.75. The first-order valence-electron chi connectivity index (χ1n) is 6.84. The number of carbonyl (C=O) groups is 1. The minimum Gasteiger partial charge on any atom is -0.465 e. The fraction of sp³-hybridized carbons (Fsp3) is 0.600.